The molecule has 192 valence electrons. The average Bonchev–Trinajstić information content (AvgIpc) is 3.58. The molecule has 0 spiro atoms. The molecule has 0 aliphatic carbocycles. The second-order valence-corrected chi connectivity index (χ2v) is 8.92. The number of nitrogens with zero attached hydrogens (tertiary/aromatic N) is 1. The molecule has 0 bridgehead atoms. The van der Waals surface area contributed by atoms with E-state index < -0.39 is 17.6 Å². The van der Waals surface area contributed by atoms with Gasteiger partial charge in [0, 0.05) is 37.2 Å². The van der Waals surface area contributed by atoms with E-state index in [-0.39, 0.29) is 43.8 Å². The van der Waals surface area contributed by atoms with Gasteiger partial charge in [-0.05, 0) is 35.9 Å². The molecule has 5 rings (SSSR count). The maximum absolute atomic E-state index is 14.4. The van der Waals surface area contributed by atoms with Crippen LogP contribution < -0.4 is 24.3 Å². The van der Waals surface area contributed by atoms with Gasteiger partial charge in [-0.25, -0.2) is 4.39 Å². The highest BCUT2D eigenvalue weighted by molar-refractivity contribution is 5.95. The van der Waals surface area contributed by atoms with Crippen LogP contribution in [0.4, 0.5) is 4.39 Å². The molecule has 1 saturated heterocycles. The summed E-state index contributed by atoms with van der Waals surface area (Å²) in [5.41, 5.74) is 1.60. The molecular weight excluding hydrogens is 479 g/mol. The highest BCUT2D eigenvalue weighted by Crippen LogP contribution is 2.40. The fourth-order valence-corrected chi connectivity index (χ4v) is 4.85. The first kappa shape index (κ1) is 24.4. The van der Waals surface area contributed by atoms with Gasteiger partial charge in [0.1, 0.15) is 17.3 Å². The lowest BCUT2D eigenvalue weighted by atomic mass is 9.87. The van der Waals surface area contributed by atoms with Gasteiger partial charge in [0.2, 0.25) is 12.7 Å². The van der Waals surface area contributed by atoms with E-state index in [0.29, 0.717) is 23.0 Å². The topological polar surface area (TPSA) is 86.3 Å². The van der Waals surface area contributed by atoms with Crippen molar-refractivity contribution in [2.45, 2.75) is 12.5 Å². The Morgan fingerprint density at radius 2 is 1.81 bits per heavy atom. The number of rotatable bonds is 7. The molecule has 2 amide bonds. The summed E-state index contributed by atoms with van der Waals surface area (Å²) in [5.74, 6) is 0.253. The van der Waals surface area contributed by atoms with Crippen LogP contribution in [0, 0.1) is 11.7 Å². The summed E-state index contributed by atoms with van der Waals surface area (Å²) in [6.07, 6.45) is 0. The zero-order chi connectivity index (χ0) is 25.9. The maximum atomic E-state index is 14.4. The van der Waals surface area contributed by atoms with Crippen molar-refractivity contribution < 1.29 is 32.9 Å². The van der Waals surface area contributed by atoms with Gasteiger partial charge in [-0.15, -0.1) is 0 Å². The lowest BCUT2D eigenvalue weighted by molar-refractivity contribution is -0.125. The van der Waals surface area contributed by atoms with Crippen LogP contribution in [0.15, 0.2) is 60.7 Å². The fourth-order valence-electron chi connectivity index (χ4n) is 4.85. The number of ether oxygens (including phenoxy) is 4. The number of methoxy groups -OCH3 is 2. The Balaban J connectivity index is 1.40. The summed E-state index contributed by atoms with van der Waals surface area (Å²) in [6, 6.07) is 16.7. The Hall–Kier alpha value is -4.27. The monoisotopic (exact) mass is 506 g/mol. The molecule has 37 heavy (non-hydrogen) atoms. The van der Waals surface area contributed by atoms with Crippen LogP contribution in [-0.2, 0) is 11.3 Å². The van der Waals surface area contributed by atoms with Crippen molar-refractivity contribution in [3.8, 4) is 23.0 Å². The predicted octanol–water partition coefficient (Wildman–Crippen LogP) is 3.74. The van der Waals surface area contributed by atoms with Gasteiger partial charge >= 0.3 is 0 Å². The molecule has 9 heteroatoms. The fraction of sp³-hybridized carbons (Fsp3) is 0.286. The quantitative estimate of drug-likeness (QED) is 0.526. The van der Waals surface area contributed by atoms with Crippen molar-refractivity contribution in [3.05, 3.63) is 83.2 Å². The number of benzene rings is 3. The van der Waals surface area contributed by atoms with Crippen LogP contribution in [-0.4, -0.2) is 50.8 Å². The van der Waals surface area contributed by atoms with Crippen LogP contribution in [0.1, 0.15) is 27.4 Å². The smallest absolute Gasteiger partial charge is 0.256 e. The molecule has 8 nitrogen and oxygen atoms in total. The molecule has 1 N–H and O–H groups in total. The number of nitrogens with one attached hydrogen (secondary N) is 1. The summed E-state index contributed by atoms with van der Waals surface area (Å²) in [7, 11) is 3.11. The van der Waals surface area contributed by atoms with E-state index in [1.807, 2.05) is 18.2 Å². The number of carbonyl (C=O) groups is 2. The first-order chi connectivity index (χ1) is 18.0. The molecule has 2 atom stereocenters. The number of likely N-dealkylation sites (tertiary alicyclic amines) is 1. The van der Waals surface area contributed by atoms with E-state index in [1.54, 1.807) is 38.5 Å². The number of carbonyl (C=O) groups excluding carboxylic acids is 2. The van der Waals surface area contributed by atoms with Gasteiger partial charge < -0.3 is 29.2 Å². The number of hydrogen-bond donors (Lipinski definition) is 1. The van der Waals surface area contributed by atoms with E-state index in [2.05, 4.69) is 5.32 Å². The molecule has 0 saturated carbocycles. The Labute approximate surface area is 213 Å². The van der Waals surface area contributed by atoms with Crippen molar-refractivity contribution >= 4 is 11.8 Å². The van der Waals surface area contributed by atoms with Crippen LogP contribution in [0.2, 0.25) is 0 Å². The van der Waals surface area contributed by atoms with Crippen molar-refractivity contribution in [2.75, 3.05) is 34.1 Å². The number of amides is 2. The Kier molecular flexibility index (Phi) is 6.85. The lowest BCUT2D eigenvalue weighted by Gasteiger charge is -2.21. The van der Waals surface area contributed by atoms with Crippen molar-refractivity contribution in [1.82, 2.24) is 10.2 Å². The summed E-state index contributed by atoms with van der Waals surface area (Å²) in [4.78, 5) is 28.2. The van der Waals surface area contributed by atoms with Gasteiger partial charge in [-0.2, -0.15) is 0 Å². The third kappa shape index (κ3) is 4.89. The molecule has 1 fully saturated rings. The van der Waals surface area contributed by atoms with Gasteiger partial charge in [0.25, 0.3) is 5.91 Å². The number of hydrogen-bond acceptors (Lipinski definition) is 6. The molecule has 3 aromatic carbocycles. The molecule has 2 aliphatic rings. The third-order valence-corrected chi connectivity index (χ3v) is 6.79. The van der Waals surface area contributed by atoms with E-state index in [0.717, 1.165) is 11.1 Å². The third-order valence-electron chi connectivity index (χ3n) is 6.79. The van der Waals surface area contributed by atoms with Gasteiger partial charge in [0.05, 0.1) is 25.7 Å². The largest absolute Gasteiger partial charge is 0.497 e. The second-order valence-electron chi connectivity index (χ2n) is 8.92. The Morgan fingerprint density at radius 3 is 2.59 bits per heavy atom. The highest BCUT2D eigenvalue weighted by Gasteiger charge is 2.42. The van der Waals surface area contributed by atoms with E-state index >= 15 is 0 Å². The van der Waals surface area contributed by atoms with Crippen LogP contribution >= 0.6 is 0 Å². The highest BCUT2D eigenvalue weighted by atomic mass is 19.1. The minimum atomic E-state index is -0.596. The zero-order valence-corrected chi connectivity index (χ0v) is 20.5. The van der Waals surface area contributed by atoms with Gasteiger partial charge in [-0.3, -0.25) is 9.59 Å². The average molecular weight is 507 g/mol. The number of fused-ring (bicyclic) bond motifs is 1. The standard InChI is InChI=1S/C28H27FN2O6/c1-34-18-8-9-19(25(12-18)35-2)21-14-31(28(33)20-5-3-4-6-23(20)29)15-22(21)27(32)30-13-17-7-10-24-26(11-17)37-16-36-24/h3-12,21-22H,13-16H2,1-2H3,(H,30,32)/t21-,22-/m1/s1. The van der Waals surface area contributed by atoms with E-state index in [1.165, 1.54) is 23.1 Å². The van der Waals surface area contributed by atoms with Gasteiger partial charge in [-0.1, -0.05) is 24.3 Å². The Bertz CT molecular complexity index is 1330. The summed E-state index contributed by atoms with van der Waals surface area (Å²) < 4.78 is 36.1. The normalized spacial score (nSPS) is 18.0. The maximum Gasteiger partial charge on any atom is 0.256 e. The van der Waals surface area contributed by atoms with E-state index in [4.69, 9.17) is 18.9 Å². The minimum absolute atomic E-state index is 0.0237. The van der Waals surface area contributed by atoms with Crippen LogP contribution in [0.25, 0.3) is 0 Å². The first-order valence-electron chi connectivity index (χ1n) is 11.9. The van der Waals surface area contributed by atoms with Crippen LogP contribution in [0.5, 0.6) is 23.0 Å². The molecule has 2 aliphatic heterocycles. The molecule has 0 unspecified atom stereocenters. The Morgan fingerprint density at radius 1 is 1.00 bits per heavy atom. The summed E-state index contributed by atoms with van der Waals surface area (Å²) >= 11 is 0. The SMILES string of the molecule is COc1ccc([C@H]2CN(C(=O)c3ccccc3F)C[C@H]2C(=O)NCc2ccc3c(c2)OCO3)c(OC)c1. The molecule has 3 aromatic rings. The van der Waals surface area contributed by atoms with Gasteiger partial charge in [0.15, 0.2) is 11.5 Å². The number of halogens is 1. The van der Waals surface area contributed by atoms with Crippen molar-refractivity contribution in [3.63, 3.8) is 0 Å². The molecule has 0 aromatic heterocycles. The summed E-state index contributed by atoms with van der Waals surface area (Å²) in [6.45, 7) is 0.822. The zero-order valence-electron chi connectivity index (χ0n) is 20.5. The molecule has 0 radical (unpaired) electrons. The minimum Gasteiger partial charge on any atom is -0.497 e. The molecule has 2 heterocycles. The lowest BCUT2D eigenvalue weighted by Crippen LogP contribution is -2.35. The van der Waals surface area contributed by atoms with Crippen molar-refractivity contribution in [2.24, 2.45) is 5.92 Å². The van der Waals surface area contributed by atoms with Crippen molar-refractivity contribution in [1.29, 1.82) is 0 Å². The van der Waals surface area contributed by atoms with E-state index in [9.17, 15) is 14.0 Å². The summed E-state index contributed by atoms with van der Waals surface area (Å²) in [5, 5.41) is 2.99. The first-order valence-corrected chi connectivity index (χ1v) is 11.9. The predicted molar refractivity (Wildman–Crippen MR) is 132 cm³/mol. The van der Waals surface area contributed by atoms with Crippen LogP contribution in [0.3, 0.4) is 0 Å². The molecular formula is C28H27FN2O6. The second kappa shape index (κ2) is 10.4.